The molecular formula is C20H22O10. The molecule has 0 aromatic heterocycles. The van der Waals surface area contributed by atoms with E-state index in [0.29, 0.717) is 6.42 Å². The van der Waals surface area contributed by atoms with Gasteiger partial charge in [0.25, 0.3) is 0 Å². The Morgan fingerprint density at radius 3 is 2.10 bits per heavy atom. The molecule has 30 heavy (non-hydrogen) atoms. The van der Waals surface area contributed by atoms with Gasteiger partial charge in [0.05, 0.1) is 16.5 Å². The predicted molar refractivity (Wildman–Crippen MR) is 99.2 cm³/mol. The zero-order valence-electron chi connectivity index (χ0n) is 16.5. The van der Waals surface area contributed by atoms with Gasteiger partial charge in [-0.15, -0.1) is 0 Å². The van der Waals surface area contributed by atoms with Gasteiger partial charge in [-0.25, -0.2) is 14.4 Å². The van der Waals surface area contributed by atoms with Crippen molar-refractivity contribution in [3.63, 3.8) is 0 Å². The van der Waals surface area contributed by atoms with Gasteiger partial charge in [-0.1, -0.05) is 25.6 Å². The first-order valence-electron chi connectivity index (χ1n) is 8.62. The first-order chi connectivity index (χ1) is 14.2. The molecule has 0 spiro atoms. The Morgan fingerprint density at radius 2 is 1.60 bits per heavy atom. The van der Waals surface area contributed by atoms with Crippen molar-refractivity contribution in [3.8, 4) is 0 Å². The van der Waals surface area contributed by atoms with Crippen LogP contribution < -0.4 is 0 Å². The predicted octanol–water partition coefficient (Wildman–Crippen LogP) is 1.65. The molecule has 1 rings (SSSR count). The number of hydrogen-bond donors (Lipinski definition) is 1. The zero-order valence-corrected chi connectivity index (χ0v) is 16.5. The van der Waals surface area contributed by atoms with Crippen LogP contribution in [0.4, 0.5) is 0 Å². The van der Waals surface area contributed by atoms with E-state index < -0.39 is 29.3 Å². The minimum absolute atomic E-state index is 0.0916. The van der Waals surface area contributed by atoms with Gasteiger partial charge in [0.2, 0.25) is 0 Å². The normalized spacial score (nSPS) is 11.4. The molecule has 0 bridgehead atoms. The summed E-state index contributed by atoms with van der Waals surface area (Å²) in [6.45, 7) is 5.97. The number of hydrogen-bond acceptors (Lipinski definition) is 9. The molecule has 0 saturated heterocycles. The molecule has 1 atom stereocenters. The molecular weight excluding hydrogens is 400 g/mol. The van der Waals surface area contributed by atoms with Gasteiger partial charge in [-0.3, -0.25) is 4.79 Å². The molecule has 162 valence electrons. The van der Waals surface area contributed by atoms with Crippen molar-refractivity contribution in [2.24, 2.45) is 5.41 Å². The fraction of sp³-hybridized carbons (Fsp3) is 0.350. The minimum Gasteiger partial charge on any atom is -0.478 e. The summed E-state index contributed by atoms with van der Waals surface area (Å²) in [5.74, 6) is -3.33. The first-order valence-corrected chi connectivity index (χ1v) is 8.62. The second-order valence-corrected chi connectivity index (χ2v) is 5.93. The number of benzene rings is 1. The van der Waals surface area contributed by atoms with Crippen LogP contribution >= 0.6 is 0 Å². The van der Waals surface area contributed by atoms with Gasteiger partial charge in [0.15, 0.2) is 0 Å². The second-order valence-electron chi connectivity index (χ2n) is 5.93. The van der Waals surface area contributed by atoms with E-state index in [-0.39, 0.29) is 37.1 Å². The molecule has 0 fully saturated rings. The van der Waals surface area contributed by atoms with Gasteiger partial charge in [-0.05, 0) is 25.5 Å². The highest BCUT2D eigenvalue weighted by molar-refractivity contribution is 6.02. The standard InChI is InChI=1S/C19H22O8.CO2/c1-4-15(20)27-12-19(3,5-2)18(24)26-11-10-25-17(23)14-9-7-6-8-13(14)16(21)22;2-1-3/h4,6-9H,1,5,10-12H2,2-3H3,(H,21,22);. The fourth-order valence-electron chi connectivity index (χ4n) is 1.96. The molecule has 0 heterocycles. The van der Waals surface area contributed by atoms with E-state index in [9.17, 15) is 19.2 Å². The molecule has 0 saturated carbocycles. The second kappa shape index (κ2) is 13.4. The first kappa shape index (κ1) is 26.2. The summed E-state index contributed by atoms with van der Waals surface area (Å²) in [6.07, 6.45) is 1.61. The van der Waals surface area contributed by atoms with E-state index in [1.807, 2.05) is 0 Å². The largest absolute Gasteiger partial charge is 0.478 e. The maximum atomic E-state index is 12.2. The molecule has 1 aromatic carbocycles. The van der Waals surface area contributed by atoms with E-state index in [0.717, 1.165) is 6.08 Å². The Labute approximate surface area is 172 Å². The summed E-state index contributed by atoms with van der Waals surface area (Å²) in [4.78, 5) is 62.7. The van der Waals surface area contributed by atoms with E-state index >= 15 is 0 Å². The summed E-state index contributed by atoms with van der Waals surface area (Å²) >= 11 is 0. The monoisotopic (exact) mass is 422 g/mol. The van der Waals surface area contributed by atoms with Crippen LogP contribution in [0.15, 0.2) is 36.9 Å². The van der Waals surface area contributed by atoms with Crippen LogP contribution in [-0.4, -0.2) is 55.0 Å². The van der Waals surface area contributed by atoms with Gasteiger partial charge in [0, 0.05) is 6.08 Å². The molecule has 1 aromatic rings. The van der Waals surface area contributed by atoms with Crippen LogP contribution in [0.5, 0.6) is 0 Å². The number of carbonyl (C=O) groups is 4. The topological polar surface area (TPSA) is 150 Å². The van der Waals surface area contributed by atoms with Crippen molar-refractivity contribution in [2.75, 3.05) is 19.8 Å². The van der Waals surface area contributed by atoms with Crippen molar-refractivity contribution in [3.05, 3.63) is 48.0 Å². The van der Waals surface area contributed by atoms with Crippen molar-refractivity contribution in [2.45, 2.75) is 20.3 Å². The lowest BCUT2D eigenvalue weighted by Gasteiger charge is -2.25. The zero-order chi connectivity index (χ0) is 23.2. The van der Waals surface area contributed by atoms with Crippen molar-refractivity contribution < 1.29 is 48.1 Å². The Hall–Kier alpha value is -3.78. The number of carboxylic acids is 1. The smallest absolute Gasteiger partial charge is 0.373 e. The van der Waals surface area contributed by atoms with Crippen LogP contribution in [0.2, 0.25) is 0 Å². The molecule has 0 radical (unpaired) electrons. The maximum Gasteiger partial charge on any atom is 0.373 e. The summed E-state index contributed by atoms with van der Waals surface area (Å²) in [5, 5.41) is 9.06. The Balaban J connectivity index is 0.00000263. The fourth-order valence-corrected chi connectivity index (χ4v) is 1.96. The lowest BCUT2D eigenvalue weighted by molar-refractivity contribution is -0.191. The minimum atomic E-state index is -1.25. The van der Waals surface area contributed by atoms with Crippen LogP contribution in [-0.2, 0) is 33.4 Å². The molecule has 10 heteroatoms. The summed E-state index contributed by atoms with van der Waals surface area (Å²) in [6, 6.07) is 5.63. The number of ether oxygens (including phenoxy) is 3. The highest BCUT2D eigenvalue weighted by Gasteiger charge is 2.34. The van der Waals surface area contributed by atoms with Gasteiger partial charge >= 0.3 is 30.0 Å². The molecule has 0 aliphatic heterocycles. The molecule has 0 aliphatic carbocycles. The molecule has 0 amide bonds. The van der Waals surface area contributed by atoms with Crippen LogP contribution in [0.25, 0.3) is 0 Å². The number of carbonyl (C=O) groups excluding carboxylic acids is 5. The molecule has 1 unspecified atom stereocenters. The average molecular weight is 422 g/mol. The van der Waals surface area contributed by atoms with Crippen molar-refractivity contribution in [1.29, 1.82) is 0 Å². The maximum absolute atomic E-state index is 12.2. The third kappa shape index (κ3) is 8.49. The third-order valence-electron chi connectivity index (χ3n) is 3.90. The number of aromatic carboxylic acids is 1. The van der Waals surface area contributed by atoms with Crippen LogP contribution in [0.3, 0.4) is 0 Å². The lowest BCUT2D eigenvalue weighted by atomic mass is 9.89. The van der Waals surface area contributed by atoms with Crippen molar-refractivity contribution in [1.82, 2.24) is 0 Å². The van der Waals surface area contributed by atoms with Crippen LogP contribution in [0.1, 0.15) is 41.0 Å². The van der Waals surface area contributed by atoms with Crippen molar-refractivity contribution >= 4 is 30.0 Å². The van der Waals surface area contributed by atoms with Gasteiger partial charge < -0.3 is 19.3 Å². The lowest BCUT2D eigenvalue weighted by Crippen LogP contribution is -2.35. The van der Waals surface area contributed by atoms with Gasteiger partial charge in [0.1, 0.15) is 19.8 Å². The number of esters is 3. The van der Waals surface area contributed by atoms with E-state index in [1.165, 1.54) is 24.3 Å². The average Bonchev–Trinajstić information content (AvgIpc) is 2.74. The third-order valence-corrected chi connectivity index (χ3v) is 3.90. The SMILES string of the molecule is C=CC(=O)OCC(C)(CC)C(=O)OCCOC(=O)c1ccccc1C(=O)O.O=C=O. The summed E-state index contributed by atoms with van der Waals surface area (Å²) in [5.41, 5.74) is -1.31. The Morgan fingerprint density at radius 1 is 1.07 bits per heavy atom. The molecule has 10 nitrogen and oxygen atoms in total. The summed E-state index contributed by atoms with van der Waals surface area (Å²) < 4.78 is 14.9. The molecule has 0 aliphatic rings. The Kier molecular flexibility index (Phi) is 11.7. The van der Waals surface area contributed by atoms with Crippen LogP contribution in [0, 0.1) is 5.41 Å². The summed E-state index contributed by atoms with van der Waals surface area (Å²) in [7, 11) is 0. The van der Waals surface area contributed by atoms with E-state index in [2.05, 4.69) is 6.58 Å². The quantitative estimate of drug-likeness (QED) is 0.255. The molecule has 1 N–H and O–H groups in total. The van der Waals surface area contributed by atoms with Gasteiger partial charge in [-0.2, -0.15) is 9.59 Å². The van der Waals surface area contributed by atoms with E-state index in [4.69, 9.17) is 28.9 Å². The highest BCUT2D eigenvalue weighted by Crippen LogP contribution is 2.23. The van der Waals surface area contributed by atoms with E-state index in [1.54, 1.807) is 13.8 Å². The number of carboxylic acid groups (broad SMARTS) is 1. The Bertz CT molecular complexity index is 808. The highest BCUT2D eigenvalue weighted by atomic mass is 16.6. The number of rotatable bonds is 10.